The second-order valence-electron chi connectivity index (χ2n) is 7.01. The summed E-state index contributed by atoms with van der Waals surface area (Å²) in [5, 5.41) is 0. The Bertz CT molecular complexity index is 780. The average molecular weight is 362 g/mol. The van der Waals surface area contributed by atoms with Gasteiger partial charge in [-0.1, -0.05) is 37.3 Å². The average Bonchev–Trinajstić information content (AvgIpc) is 2.45. The van der Waals surface area contributed by atoms with Crippen LogP contribution in [0.2, 0.25) is 19.6 Å². The number of hydrogen-bond acceptors (Lipinski definition) is 2. The van der Waals surface area contributed by atoms with Gasteiger partial charge in [0.2, 0.25) is 0 Å². The predicted molar refractivity (Wildman–Crippen MR) is 104 cm³/mol. The molecule has 0 amide bonds. The fourth-order valence-corrected chi connectivity index (χ4v) is 3.56. The van der Waals surface area contributed by atoms with E-state index < -0.39 is 18.1 Å². The maximum absolute atomic E-state index is 12.9. The second-order valence-corrected chi connectivity index (χ2v) is 13.6. The summed E-state index contributed by atoms with van der Waals surface area (Å²) in [6.45, 7) is 12.5. The van der Waals surface area contributed by atoms with Gasteiger partial charge in [0, 0.05) is 12.6 Å². The zero-order valence-corrected chi connectivity index (χ0v) is 17.3. The summed E-state index contributed by atoms with van der Waals surface area (Å²) in [6, 6.07) is 9.79. The van der Waals surface area contributed by atoms with Crippen molar-refractivity contribution in [3.8, 4) is 11.6 Å². The van der Waals surface area contributed by atoms with E-state index in [0.717, 1.165) is 11.1 Å². The normalized spacial score (nSPS) is 11.1. The van der Waals surface area contributed by atoms with E-state index in [9.17, 15) is 8.42 Å². The highest BCUT2D eigenvalue weighted by Gasteiger charge is 2.22. The number of sulfonamides is 1. The first-order valence-electron chi connectivity index (χ1n) is 8.03. The van der Waals surface area contributed by atoms with Crippen molar-refractivity contribution < 1.29 is 8.42 Å². The van der Waals surface area contributed by atoms with Gasteiger partial charge in [-0.25, -0.2) is 12.7 Å². The highest BCUT2D eigenvalue weighted by Crippen LogP contribution is 2.16. The van der Waals surface area contributed by atoms with Crippen LogP contribution in [0.15, 0.2) is 46.5 Å². The molecule has 0 saturated carbocycles. The van der Waals surface area contributed by atoms with Crippen molar-refractivity contribution in [1.29, 1.82) is 0 Å². The van der Waals surface area contributed by atoms with Crippen molar-refractivity contribution in [1.82, 2.24) is 4.31 Å². The number of aryl methyl sites for hydroxylation is 1. The third-order valence-corrected chi connectivity index (χ3v) is 5.62. The summed E-state index contributed by atoms with van der Waals surface area (Å²) in [4.78, 5) is 0.282. The molecule has 0 spiro atoms. The Kier molecular flexibility index (Phi) is 7.10. The molecule has 0 bridgehead atoms. The summed E-state index contributed by atoms with van der Waals surface area (Å²) in [7, 11) is -5.28. The van der Waals surface area contributed by atoms with Gasteiger partial charge < -0.3 is 0 Å². The summed E-state index contributed by atoms with van der Waals surface area (Å²) in [5.41, 5.74) is 8.35. The summed E-state index contributed by atoms with van der Waals surface area (Å²) < 4.78 is 27.1. The second kappa shape index (κ2) is 8.39. The van der Waals surface area contributed by atoms with E-state index in [1.807, 2.05) is 26.8 Å². The molecule has 0 fully saturated rings. The van der Waals surface area contributed by atoms with Gasteiger partial charge >= 0.3 is 0 Å². The molecule has 0 radical (unpaired) electrons. The van der Waals surface area contributed by atoms with Crippen LogP contribution in [0.1, 0.15) is 25.8 Å². The first-order chi connectivity index (χ1) is 11.0. The molecular formula is C19H27NO2SSi. The SMILES string of the molecule is CC(C)=C=CCCN(C#C[Si](C)(C)C)S(=O)(=O)c1ccc(C)cc1. The largest absolute Gasteiger partial charge is 0.270 e. The Hall–Kier alpha value is -1.73. The zero-order valence-electron chi connectivity index (χ0n) is 15.5. The molecule has 0 aliphatic heterocycles. The van der Waals surface area contributed by atoms with E-state index in [1.165, 1.54) is 4.31 Å². The first kappa shape index (κ1) is 20.3. The molecule has 0 aromatic heterocycles. The number of hydrogen-bond donors (Lipinski definition) is 0. The molecule has 1 aromatic carbocycles. The molecule has 0 atom stereocenters. The molecule has 24 heavy (non-hydrogen) atoms. The van der Waals surface area contributed by atoms with Gasteiger partial charge in [-0.2, -0.15) is 0 Å². The van der Waals surface area contributed by atoms with Gasteiger partial charge in [0.1, 0.15) is 8.07 Å². The molecule has 0 saturated heterocycles. The monoisotopic (exact) mass is 361 g/mol. The minimum Gasteiger partial charge on any atom is -0.225 e. The number of benzene rings is 1. The smallest absolute Gasteiger partial charge is 0.225 e. The molecule has 1 aromatic rings. The Morgan fingerprint density at radius 3 is 2.25 bits per heavy atom. The van der Waals surface area contributed by atoms with Crippen molar-refractivity contribution in [2.24, 2.45) is 0 Å². The van der Waals surface area contributed by atoms with Crippen molar-refractivity contribution >= 4 is 18.1 Å². The zero-order chi connectivity index (χ0) is 18.4. The molecular weight excluding hydrogens is 334 g/mol. The molecule has 3 nitrogen and oxygen atoms in total. The van der Waals surface area contributed by atoms with Crippen LogP contribution in [-0.2, 0) is 10.0 Å². The van der Waals surface area contributed by atoms with Crippen LogP contribution in [0, 0.1) is 18.5 Å². The lowest BCUT2D eigenvalue weighted by Gasteiger charge is -2.18. The highest BCUT2D eigenvalue weighted by atomic mass is 32.2. The van der Waals surface area contributed by atoms with E-state index in [4.69, 9.17) is 0 Å². The summed E-state index contributed by atoms with van der Waals surface area (Å²) >= 11 is 0. The Balaban J connectivity index is 3.17. The Morgan fingerprint density at radius 1 is 1.17 bits per heavy atom. The molecule has 0 unspecified atom stereocenters. The Labute approximate surface area is 148 Å². The lowest BCUT2D eigenvalue weighted by molar-refractivity contribution is 0.514. The van der Waals surface area contributed by atoms with Crippen molar-refractivity contribution in [3.63, 3.8) is 0 Å². The van der Waals surface area contributed by atoms with Gasteiger partial charge in [-0.05, 0) is 51.0 Å². The molecule has 0 N–H and O–H groups in total. The van der Waals surface area contributed by atoms with Crippen LogP contribution in [0.5, 0.6) is 0 Å². The van der Waals surface area contributed by atoms with E-state index in [2.05, 4.69) is 37.0 Å². The van der Waals surface area contributed by atoms with Crippen LogP contribution in [0.3, 0.4) is 0 Å². The third-order valence-electron chi connectivity index (χ3n) is 3.03. The lowest BCUT2D eigenvalue weighted by atomic mass is 10.2. The maximum atomic E-state index is 12.9. The summed E-state index contributed by atoms with van der Waals surface area (Å²) in [5.74, 6) is 0. The molecule has 130 valence electrons. The predicted octanol–water partition coefficient (Wildman–Crippen LogP) is 4.34. The molecule has 0 aliphatic carbocycles. The minimum atomic E-state index is -3.61. The van der Waals surface area contributed by atoms with Gasteiger partial charge in [0.15, 0.2) is 0 Å². The first-order valence-corrected chi connectivity index (χ1v) is 13.0. The number of rotatable bonds is 5. The van der Waals surface area contributed by atoms with E-state index >= 15 is 0 Å². The van der Waals surface area contributed by atoms with Gasteiger partial charge in [-0.3, -0.25) is 0 Å². The van der Waals surface area contributed by atoms with Crippen LogP contribution in [0.4, 0.5) is 0 Å². The quantitative estimate of drug-likeness (QED) is 0.339. The van der Waals surface area contributed by atoms with Gasteiger partial charge in [-0.15, -0.1) is 11.3 Å². The fourth-order valence-electron chi connectivity index (χ4n) is 1.76. The Morgan fingerprint density at radius 2 is 1.75 bits per heavy atom. The standard InChI is InChI=1S/C19H27NO2SSi/c1-17(2)9-7-8-14-20(15-16-24(4,5)6)23(21,22)19-12-10-18(3)11-13-19/h7,10-13H,8,14H2,1-6H3. The fraction of sp³-hybridized carbons (Fsp3) is 0.421. The summed E-state index contributed by atoms with van der Waals surface area (Å²) in [6.07, 6.45) is 2.44. The molecule has 5 heteroatoms. The minimum absolute atomic E-state index is 0.282. The van der Waals surface area contributed by atoms with Crippen molar-refractivity contribution in [2.45, 2.75) is 51.7 Å². The maximum Gasteiger partial charge on any atom is 0.270 e. The lowest BCUT2D eigenvalue weighted by Crippen LogP contribution is -2.29. The third kappa shape index (κ3) is 6.80. The number of nitrogens with zero attached hydrogens (tertiary/aromatic N) is 1. The van der Waals surface area contributed by atoms with E-state index in [1.54, 1.807) is 24.3 Å². The van der Waals surface area contributed by atoms with Crippen LogP contribution in [0.25, 0.3) is 0 Å². The van der Waals surface area contributed by atoms with E-state index in [0.29, 0.717) is 13.0 Å². The van der Waals surface area contributed by atoms with E-state index in [-0.39, 0.29) is 4.90 Å². The van der Waals surface area contributed by atoms with Crippen molar-refractivity contribution in [3.05, 3.63) is 47.2 Å². The molecule has 0 aliphatic rings. The molecule has 1 rings (SSSR count). The topological polar surface area (TPSA) is 37.4 Å². The van der Waals surface area contributed by atoms with Crippen LogP contribution < -0.4 is 0 Å². The van der Waals surface area contributed by atoms with Crippen LogP contribution in [-0.4, -0.2) is 27.3 Å². The molecule has 0 heterocycles. The van der Waals surface area contributed by atoms with Crippen LogP contribution >= 0.6 is 0 Å². The van der Waals surface area contributed by atoms with Gasteiger partial charge in [0.05, 0.1) is 4.90 Å². The van der Waals surface area contributed by atoms with Gasteiger partial charge in [0.25, 0.3) is 10.0 Å². The van der Waals surface area contributed by atoms with Crippen molar-refractivity contribution in [2.75, 3.05) is 6.54 Å². The highest BCUT2D eigenvalue weighted by molar-refractivity contribution is 7.89.